The lowest BCUT2D eigenvalue weighted by atomic mass is 10.0. The molecule has 2 rings (SSSR count). The Kier molecular flexibility index (Phi) is 3.17. The molecule has 0 spiro atoms. The SMILES string of the molecule is Cc1cc(C2COCCN2)ccc1[N+](=O)[O-]. The summed E-state index contributed by atoms with van der Waals surface area (Å²) >= 11 is 0. The van der Waals surface area contributed by atoms with Gasteiger partial charge >= 0.3 is 0 Å². The fourth-order valence-corrected chi connectivity index (χ4v) is 1.88. The Balaban J connectivity index is 2.23. The van der Waals surface area contributed by atoms with E-state index in [2.05, 4.69) is 5.32 Å². The van der Waals surface area contributed by atoms with Crippen LogP contribution in [-0.2, 0) is 4.74 Å². The highest BCUT2D eigenvalue weighted by Crippen LogP contribution is 2.23. The van der Waals surface area contributed by atoms with E-state index in [-0.39, 0.29) is 16.7 Å². The highest BCUT2D eigenvalue weighted by Gasteiger charge is 2.18. The minimum atomic E-state index is -0.357. The number of nitrogens with one attached hydrogen (secondary N) is 1. The molecule has 16 heavy (non-hydrogen) atoms. The normalized spacial score (nSPS) is 20.7. The highest BCUT2D eigenvalue weighted by molar-refractivity contribution is 5.42. The molecule has 0 bridgehead atoms. The summed E-state index contributed by atoms with van der Waals surface area (Å²) in [4.78, 5) is 10.3. The molecule has 1 atom stereocenters. The molecule has 0 saturated carbocycles. The molecule has 0 amide bonds. The van der Waals surface area contributed by atoms with E-state index in [1.54, 1.807) is 19.1 Å². The summed E-state index contributed by atoms with van der Waals surface area (Å²) in [6, 6.07) is 5.34. The summed E-state index contributed by atoms with van der Waals surface area (Å²) in [7, 11) is 0. The van der Waals surface area contributed by atoms with Crippen molar-refractivity contribution < 1.29 is 9.66 Å². The van der Waals surface area contributed by atoms with Crippen molar-refractivity contribution in [1.29, 1.82) is 0 Å². The monoisotopic (exact) mass is 222 g/mol. The average Bonchev–Trinajstić information content (AvgIpc) is 2.29. The van der Waals surface area contributed by atoms with Gasteiger partial charge in [0.1, 0.15) is 0 Å². The number of benzene rings is 1. The number of ether oxygens (including phenoxy) is 1. The molecule has 5 nitrogen and oxygen atoms in total. The quantitative estimate of drug-likeness (QED) is 0.609. The molecule has 1 fully saturated rings. The third-order valence-electron chi connectivity index (χ3n) is 2.74. The summed E-state index contributed by atoms with van der Waals surface area (Å²) < 4.78 is 5.36. The molecule has 1 aromatic rings. The van der Waals surface area contributed by atoms with Gasteiger partial charge in [-0.25, -0.2) is 0 Å². The number of nitro benzene ring substituents is 1. The van der Waals surface area contributed by atoms with Gasteiger partial charge in [0.05, 0.1) is 24.2 Å². The molecule has 86 valence electrons. The molecule has 1 N–H and O–H groups in total. The molecule has 1 aliphatic heterocycles. The number of nitro groups is 1. The van der Waals surface area contributed by atoms with Crippen molar-refractivity contribution in [3.8, 4) is 0 Å². The van der Waals surface area contributed by atoms with E-state index in [1.165, 1.54) is 0 Å². The smallest absolute Gasteiger partial charge is 0.272 e. The van der Waals surface area contributed by atoms with Gasteiger partial charge in [-0.05, 0) is 18.6 Å². The van der Waals surface area contributed by atoms with Crippen LogP contribution in [0.4, 0.5) is 5.69 Å². The van der Waals surface area contributed by atoms with Crippen LogP contribution in [0.15, 0.2) is 18.2 Å². The number of morpholine rings is 1. The van der Waals surface area contributed by atoms with E-state index in [0.717, 1.165) is 18.7 Å². The maximum atomic E-state index is 10.7. The molecular formula is C11H14N2O3. The first-order chi connectivity index (χ1) is 7.68. The Morgan fingerprint density at radius 3 is 2.94 bits per heavy atom. The van der Waals surface area contributed by atoms with Gasteiger partial charge < -0.3 is 10.1 Å². The number of rotatable bonds is 2. The minimum Gasteiger partial charge on any atom is -0.378 e. The molecule has 0 radical (unpaired) electrons. The standard InChI is InChI=1S/C11H14N2O3/c1-8-6-9(2-3-11(8)13(14)15)10-7-16-5-4-12-10/h2-3,6,10,12H,4-5,7H2,1H3. The van der Waals surface area contributed by atoms with Crippen molar-refractivity contribution in [2.75, 3.05) is 19.8 Å². The van der Waals surface area contributed by atoms with Gasteiger partial charge in [0.15, 0.2) is 0 Å². The summed E-state index contributed by atoms with van der Waals surface area (Å²) in [5.41, 5.74) is 1.90. The second-order valence-corrected chi connectivity index (χ2v) is 3.88. The first-order valence-electron chi connectivity index (χ1n) is 5.24. The van der Waals surface area contributed by atoms with Crippen LogP contribution < -0.4 is 5.32 Å². The summed E-state index contributed by atoms with van der Waals surface area (Å²) in [5, 5.41) is 14.0. The van der Waals surface area contributed by atoms with Crippen LogP contribution in [0.25, 0.3) is 0 Å². The van der Waals surface area contributed by atoms with Crippen LogP contribution in [0.5, 0.6) is 0 Å². The fourth-order valence-electron chi connectivity index (χ4n) is 1.88. The lowest BCUT2D eigenvalue weighted by Crippen LogP contribution is -2.34. The maximum absolute atomic E-state index is 10.7. The van der Waals surface area contributed by atoms with Gasteiger partial charge in [-0.1, -0.05) is 6.07 Å². The largest absolute Gasteiger partial charge is 0.378 e. The van der Waals surface area contributed by atoms with Crippen molar-refractivity contribution in [2.45, 2.75) is 13.0 Å². The first-order valence-corrected chi connectivity index (χ1v) is 5.24. The minimum absolute atomic E-state index is 0.147. The molecule has 0 aromatic heterocycles. The molecule has 5 heteroatoms. The van der Waals surface area contributed by atoms with Crippen LogP contribution in [0, 0.1) is 17.0 Å². The third kappa shape index (κ3) is 2.20. The molecule has 1 unspecified atom stereocenters. The number of hydrogen-bond acceptors (Lipinski definition) is 4. The van der Waals surface area contributed by atoms with E-state index in [1.807, 2.05) is 6.07 Å². The summed E-state index contributed by atoms with van der Waals surface area (Å²) in [5.74, 6) is 0. The fraction of sp³-hybridized carbons (Fsp3) is 0.455. The van der Waals surface area contributed by atoms with Crippen molar-refractivity contribution in [3.63, 3.8) is 0 Å². The molecule has 1 saturated heterocycles. The van der Waals surface area contributed by atoms with Crippen LogP contribution >= 0.6 is 0 Å². The second-order valence-electron chi connectivity index (χ2n) is 3.88. The zero-order chi connectivity index (χ0) is 11.5. The lowest BCUT2D eigenvalue weighted by Gasteiger charge is -2.24. The van der Waals surface area contributed by atoms with Crippen molar-refractivity contribution in [1.82, 2.24) is 5.32 Å². The summed E-state index contributed by atoms with van der Waals surface area (Å²) in [6.45, 7) is 3.92. The third-order valence-corrected chi connectivity index (χ3v) is 2.74. The van der Waals surface area contributed by atoms with Crippen LogP contribution in [-0.4, -0.2) is 24.7 Å². The van der Waals surface area contributed by atoms with E-state index in [9.17, 15) is 10.1 Å². The number of hydrogen-bond donors (Lipinski definition) is 1. The molecular weight excluding hydrogens is 208 g/mol. The van der Waals surface area contributed by atoms with Gasteiger partial charge in [0, 0.05) is 18.2 Å². The predicted octanol–water partition coefficient (Wildman–Crippen LogP) is 1.56. The van der Waals surface area contributed by atoms with Gasteiger partial charge in [-0.2, -0.15) is 0 Å². The van der Waals surface area contributed by atoms with Crippen molar-refractivity contribution >= 4 is 5.69 Å². The second kappa shape index (κ2) is 4.59. The topological polar surface area (TPSA) is 64.4 Å². The van der Waals surface area contributed by atoms with Gasteiger partial charge in [0.25, 0.3) is 5.69 Å². The van der Waals surface area contributed by atoms with E-state index >= 15 is 0 Å². The van der Waals surface area contributed by atoms with Gasteiger partial charge in [-0.15, -0.1) is 0 Å². The number of nitrogens with zero attached hydrogens (tertiary/aromatic N) is 1. The molecule has 1 aliphatic rings. The Morgan fingerprint density at radius 2 is 2.38 bits per heavy atom. The van der Waals surface area contributed by atoms with Crippen molar-refractivity contribution in [3.05, 3.63) is 39.4 Å². The Hall–Kier alpha value is -1.46. The molecule has 1 heterocycles. The van der Waals surface area contributed by atoms with E-state index < -0.39 is 0 Å². The van der Waals surface area contributed by atoms with Gasteiger partial charge in [0.2, 0.25) is 0 Å². The maximum Gasteiger partial charge on any atom is 0.272 e. The summed E-state index contributed by atoms with van der Waals surface area (Å²) in [6.07, 6.45) is 0. The molecule has 0 aliphatic carbocycles. The first kappa shape index (κ1) is 11.0. The highest BCUT2D eigenvalue weighted by atomic mass is 16.6. The zero-order valence-corrected chi connectivity index (χ0v) is 9.10. The van der Waals surface area contributed by atoms with E-state index in [4.69, 9.17) is 4.74 Å². The Bertz CT molecular complexity index is 400. The average molecular weight is 222 g/mol. The van der Waals surface area contributed by atoms with Crippen molar-refractivity contribution in [2.24, 2.45) is 0 Å². The Morgan fingerprint density at radius 1 is 1.56 bits per heavy atom. The number of aryl methyl sites for hydroxylation is 1. The van der Waals surface area contributed by atoms with Crippen LogP contribution in [0.1, 0.15) is 17.2 Å². The lowest BCUT2D eigenvalue weighted by molar-refractivity contribution is -0.385. The van der Waals surface area contributed by atoms with Crippen LogP contribution in [0.3, 0.4) is 0 Å². The zero-order valence-electron chi connectivity index (χ0n) is 9.10. The molecule has 1 aromatic carbocycles. The van der Waals surface area contributed by atoms with Gasteiger partial charge in [-0.3, -0.25) is 10.1 Å². The van der Waals surface area contributed by atoms with E-state index in [0.29, 0.717) is 12.2 Å². The van der Waals surface area contributed by atoms with Crippen LogP contribution in [0.2, 0.25) is 0 Å². The Labute approximate surface area is 93.6 Å². The predicted molar refractivity (Wildman–Crippen MR) is 59.4 cm³/mol.